The Balaban J connectivity index is 2.32. The highest BCUT2D eigenvalue weighted by molar-refractivity contribution is 7.89. The van der Waals surface area contributed by atoms with Gasteiger partial charge < -0.3 is 5.32 Å². The van der Waals surface area contributed by atoms with Crippen molar-refractivity contribution in [1.29, 1.82) is 0 Å². The maximum atomic E-state index is 13.0. The van der Waals surface area contributed by atoms with E-state index in [0.29, 0.717) is 11.4 Å². The summed E-state index contributed by atoms with van der Waals surface area (Å²) < 4.78 is 27.6. The number of nitrogens with one attached hydrogen (secondary N) is 1. The lowest BCUT2D eigenvalue weighted by atomic mass is 10.0. The summed E-state index contributed by atoms with van der Waals surface area (Å²) in [5.74, 6) is 0. The maximum absolute atomic E-state index is 13.0. The number of hydrogen-bond donors (Lipinski definition) is 1. The Kier molecular flexibility index (Phi) is 5.23. The highest BCUT2D eigenvalue weighted by Crippen LogP contribution is 2.32. The molecule has 2 rings (SSSR count). The van der Waals surface area contributed by atoms with E-state index in [4.69, 9.17) is 0 Å². The molecule has 1 aliphatic heterocycles. The number of thiophene rings is 1. The average molecular weight is 316 g/mol. The van der Waals surface area contributed by atoms with Gasteiger partial charge in [-0.1, -0.05) is 13.3 Å². The van der Waals surface area contributed by atoms with Gasteiger partial charge in [0.2, 0.25) is 10.0 Å². The third-order valence-electron chi connectivity index (χ3n) is 3.91. The molecule has 0 bridgehead atoms. The Morgan fingerprint density at radius 1 is 1.35 bits per heavy atom. The summed E-state index contributed by atoms with van der Waals surface area (Å²) in [5, 5.41) is 5.09. The second kappa shape index (κ2) is 6.56. The first-order valence-corrected chi connectivity index (χ1v) is 9.61. The minimum atomic E-state index is -3.37. The summed E-state index contributed by atoms with van der Waals surface area (Å²) in [4.78, 5) is 1.40. The molecule has 0 aromatic carbocycles. The molecule has 1 N–H and O–H groups in total. The maximum Gasteiger partial charge on any atom is 0.244 e. The van der Waals surface area contributed by atoms with Gasteiger partial charge in [0.1, 0.15) is 0 Å². The molecule has 0 unspecified atom stereocenters. The standard InChI is InChI=1S/C14H24N2O2S2/c1-4-15-10-13-14(8-9-19-13)20(17,18)16-11(2)6-5-7-12(16)3/h8-9,11-12,15H,4-7,10H2,1-3H3/t11-,12+. The zero-order chi connectivity index (χ0) is 14.8. The summed E-state index contributed by atoms with van der Waals surface area (Å²) >= 11 is 1.51. The van der Waals surface area contributed by atoms with E-state index in [2.05, 4.69) is 5.32 Å². The quantitative estimate of drug-likeness (QED) is 0.909. The van der Waals surface area contributed by atoms with Crippen LogP contribution in [-0.2, 0) is 16.6 Å². The zero-order valence-electron chi connectivity index (χ0n) is 12.4. The molecule has 1 saturated heterocycles. The lowest BCUT2D eigenvalue weighted by Gasteiger charge is -2.37. The van der Waals surface area contributed by atoms with Crippen molar-refractivity contribution in [3.8, 4) is 0 Å². The highest BCUT2D eigenvalue weighted by atomic mass is 32.2. The zero-order valence-corrected chi connectivity index (χ0v) is 14.1. The lowest BCUT2D eigenvalue weighted by Crippen LogP contribution is -2.47. The molecule has 0 saturated carbocycles. The number of nitrogens with zero attached hydrogens (tertiary/aromatic N) is 1. The molecule has 1 aromatic rings. The first-order chi connectivity index (χ1) is 9.48. The summed E-state index contributed by atoms with van der Waals surface area (Å²) in [6.45, 7) is 7.52. The smallest absolute Gasteiger partial charge is 0.244 e. The van der Waals surface area contributed by atoms with Crippen LogP contribution in [0.5, 0.6) is 0 Å². The van der Waals surface area contributed by atoms with Crippen LogP contribution in [0.3, 0.4) is 0 Å². The van der Waals surface area contributed by atoms with Gasteiger partial charge in [-0.3, -0.25) is 0 Å². The van der Waals surface area contributed by atoms with Crippen molar-refractivity contribution in [2.75, 3.05) is 6.54 Å². The molecular formula is C14H24N2O2S2. The molecule has 1 aromatic heterocycles. The van der Waals surface area contributed by atoms with Gasteiger partial charge in [0.15, 0.2) is 0 Å². The van der Waals surface area contributed by atoms with E-state index in [1.165, 1.54) is 11.3 Å². The van der Waals surface area contributed by atoms with E-state index in [0.717, 1.165) is 30.7 Å². The van der Waals surface area contributed by atoms with E-state index < -0.39 is 10.0 Å². The topological polar surface area (TPSA) is 49.4 Å². The first-order valence-electron chi connectivity index (χ1n) is 7.29. The van der Waals surface area contributed by atoms with Crippen molar-refractivity contribution in [3.05, 3.63) is 16.3 Å². The predicted molar refractivity (Wildman–Crippen MR) is 83.5 cm³/mol. The molecule has 0 radical (unpaired) electrons. The number of rotatable bonds is 5. The van der Waals surface area contributed by atoms with Crippen molar-refractivity contribution in [2.24, 2.45) is 0 Å². The molecule has 114 valence electrons. The van der Waals surface area contributed by atoms with Crippen LogP contribution in [0.25, 0.3) is 0 Å². The minimum absolute atomic E-state index is 0.0932. The van der Waals surface area contributed by atoms with Crippen molar-refractivity contribution < 1.29 is 8.42 Å². The second-order valence-electron chi connectivity index (χ2n) is 5.45. The van der Waals surface area contributed by atoms with Crippen LogP contribution in [0.4, 0.5) is 0 Å². The van der Waals surface area contributed by atoms with E-state index >= 15 is 0 Å². The molecule has 0 amide bonds. The minimum Gasteiger partial charge on any atom is -0.312 e. The third-order valence-corrected chi connectivity index (χ3v) is 7.17. The van der Waals surface area contributed by atoms with Crippen LogP contribution >= 0.6 is 11.3 Å². The van der Waals surface area contributed by atoms with Gasteiger partial charge in [0, 0.05) is 23.5 Å². The molecule has 20 heavy (non-hydrogen) atoms. The fraction of sp³-hybridized carbons (Fsp3) is 0.714. The van der Waals surface area contributed by atoms with E-state index in [1.54, 1.807) is 10.4 Å². The number of sulfonamides is 1. The van der Waals surface area contributed by atoms with Crippen LogP contribution in [-0.4, -0.2) is 31.4 Å². The van der Waals surface area contributed by atoms with Gasteiger partial charge in [-0.2, -0.15) is 4.31 Å². The van der Waals surface area contributed by atoms with Crippen LogP contribution in [0.2, 0.25) is 0 Å². The molecule has 2 atom stereocenters. The van der Waals surface area contributed by atoms with Crippen LogP contribution < -0.4 is 5.32 Å². The fourth-order valence-electron chi connectivity index (χ4n) is 2.91. The summed E-state index contributed by atoms with van der Waals surface area (Å²) in [7, 11) is -3.37. The molecule has 0 spiro atoms. The average Bonchev–Trinajstić information content (AvgIpc) is 2.84. The number of piperidine rings is 1. The van der Waals surface area contributed by atoms with E-state index in [-0.39, 0.29) is 12.1 Å². The van der Waals surface area contributed by atoms with Crippen LogP contribution in [0.15, 0.2) is 16.3 Å². The van der Waals surface area contributed by atoms with E-state index in [1.807, 2.05) is 26.2 Å². The van der Waals surface area contributed by atoms with Crippen LogP contribution in [0.1, 0.15) is 44.9 Å². The van der Waals surface area contributed by atoms with Crippen molar-refractivity contribution >= 4 is 21.4 Å². The SMILES string of the molecule is CCNCc1sccc1S(=O)(=O)N1[C@H](C)CCC[C@@H]1C. The van der Waals surface area contributed by atoms with Gasteiger partial charge >= 0.3 is 0 Å². The Bertz CT molecular complexity index is 529. The van der Waals surface area contributed by atoms with Crippen LogP contribution in [0, 0.1) is 0 Å². The first kappa shape index (κ1) is 15.9. The Morgan fingerprint density at radius 2 is 2.00 bits per heavy atom. The van der Waals surface area contributed by atoms with Gasteiger partial charge in [0.05, 0.1) is 4.90 Å². The van der Waals surface area contributed by atoms with Crippen molar-refractivity contribution in [1.82, 2.24) is 9.62 Å². The normalized spacial score (nSPS) is 24.9. The Labute approximate surface area is 126 Å². The monoisotopic (exact) mass is 316 g/mol. The van der Waals surface area contributed by atoms with Gasteiger partial charge in [-0.15, -0.1) is 11.3 Å². The highest BCUT2D eigenvalue weighted by Gasteiger charge is 2.36. The van der Waals surface area contributed by atoms with Gasteiger partial charge in [-0.05, 0) is 44.7 Å². The molecule has 4 nitrogen and oxygen atoms in total. The summed E-state index contributed by atoms with van der Waals surface area (Å²) in [6, 6.07) is 1.94. The Hall–Kier alpha value is -0.430. The van der Waals surface area contributed by atoms with E-state index in [9.17, 15) is 8.42 Å². The second-order valence-corrected chi connectivity index (χ2v) is 8.26. The molecule has 1 fully saturated rings. The third kappa shape index (κ3) is 3.08. The van der Waals surface area contributed by atoms with Gasteiger partial charge in [-0.25, -0.2) is 8.42 Å². The largest absolute Gasteiger partial charge is 0.312 e. The molecular weight excluding hydrogens is 292 g/mol. The molecule has 1 aliphatic rings. The lowest BCUT2D eigenvalue weighted by molar-refractivity contribution is 0.204. The summed E-state index contributed by atoms with van der Waals surface area (Å²) in [5.41, 5.74) is 0. The predicted octanol–water partition coefficient (Wildman–Crippen LogP) is 2.81. The summed E-state index contributed by atoms with van der Waals surface area (Å²) in [6.07, 6.45) is 3.02. The Morgan fingerprint density at radius 3 is 2.60 bits per heavy atom. The molecule has 0 aliphatic carbocycles. The number of hydrogen-bond acceptors (Lipinski definition) is 4. The molecule has 6 heteroatoms. The van der Waals surface area contributed by atoms with Crippen molar-refractivity contribution in [3.63, 3.8) is 0 Å². The van der Waals surface area contributed by atoms with Gasteiger partial charge in [0.25, 0.3) is 0 Å². The van der Waals surface area contributed by atoms with Crippen molar-refractivity contribution in [2.45, 2.75) is 63.6 Å². The fourth-order valence-corrected chi connectivity index (χ4v) is 6.18. The molecule has 2 heterocycles.